The molecule has 2 heterocycles. The molecule has 1 aliphatic carbocycles. The molecule has 0 aromatic carbocycles. The number of ether oxygens (including phenoxy) is 1. The first-order chi connectivity index (χ1) is 10.0. The molecule has 1 aliphatic heterocycles. The van der Waals surface area contributed by atoms with Crippen LogP contribution in [-0.4, -0.2) is 47.0 Å². The molecule has 1 saturated carbocycles. The predicted molar refractivity (Wildman–Crippen MR) is 81.4 cm³/mol. The van der Waals surface area contributed by atoms with Crippen molar-refractivity contribution in [2.75, 3.05) is 24.6 Å². The Labute approximate surface area is 126 Å². The highest BCUT2D eigenvalue weighted by Gasteiger charge is 2.56. The molecule has 1 aromatic rings. The van der Waals surface area contributed by atoms with Crippen LogP contribution in [0.25, 0.3) is 0 Å². The molecular formula is C16H25N3O2. The number of piperidine rings is 1. The molecule has 2 fully saturated rings. The summed E-state index contributed by atoms with van der Waals surface area (Å²) >= 11 is 0. The van der Waals surface area contributed by atoms with Gasteiger partial charge in [-0.1, -0.05) is 0 Å². The summed E-state index contributed by atoms with van der Waals surface area (Å²) in [5.74, 6) is 0.823. The van der Waals surface area contributed by atoms with Gasteiger partial charge in [0, 0.05) is 42.9 Å². The summed E-state index contributed by atoms with van der Waals surface area (Å²) in [4.78, 5) is 11.3. The normalized spacial score (nSPS) is 27.7. The Kier molecular flexibility index (Phi) is 3.88. The van der Waals surface area contributed by atoms with Crippen molar-refractivity contribution in [3.05, 3.63) is 17.5 Å². The first-order valence-electron chi connectivity index (χ1n) is 7.92. The van der Waals surface area contributed by atoms with Gasteiger partial charge in [-0.3, -0.25) is 0 Å². The molecule has 1 N–H and O–H groups in total. The Balaban J connectivity index is 1.70. The monoisotopic (exact) mass is 291 g/mol. The van der Waals surface area contributed by atoms with Crippen molar-refractivity contribution in [2.24, 2.45) is 5.41 Å². The zero-order valence-electron chi connectivity index (χ0n) is 13.2. The lowest BCUT2D eigenvalue weighted by atomic mass is 9.58. The molecule has 1 saturated heterocycles. The van der Waals surface area contributed by atoms with Crippen LogP contribution in [0.3, 0.4) is 0 Å². The number of hydrogen-bond acceptors (Lipinski definition) is 5. The molecule has 0 unspecified atom stereocenters. The Morgan fingerprint density at radius 1 is 1.29 bits per heavy atom. The molecule has 2 atom stereocenters. The lowest BCUT2D eigenvalue weighted by molar-refractivity contribution is -0.199. The number of aliphatic hydroxyl groups excluding tert-OH is 1. The van der Waals surface area contributed by atoms with Gasteiger partial charge in [0.05, 0.1) is 12.2 Å². The Morgan fingerprint density at radius 2 is 1.90 bits per heavy atom. The van der Waals surface area contributed by atoms with Gasteiger partial charge in [-0.2, -0.15) is 0 Å². The second-order valence-electron chi connectivity index (χ2n) is 6.37. The van der Waals surface area contributed by atoms with E-state index in [9.17, 15) is 5.11 Å². The first kappa shape index (κ1) is 14.7. The lowest BCUT2D eigenvalue weighted by Gasteiger charge is -2.56. The third kappa shape index (κ3) is 2.53. The third-order valence-corrected chi connectivity index (χ3v) is 5.06. The average Bonchev–Trinajstić information content (AvgIpc) is 2.46. The van der Waals surface area contributed by atoms with Gasteiger partial charge in [0.2, 0.25) is 5.95 Å². The molecule has 1 spiro atoms. The van der Waals surface area contributed by atoms with Crippen molar-refractivity contribution in [1.29, 1.82) is 0 Å². The van der Waals surface area contributed by atoms with E-state index >= 15 is 0 Å². The number of rotatable bonds is 3. The fourth-order valence-corrected chi connectivity index (χ4v) is 3.79. The highest BCUT2D eigenvalue weighted by Crippen LogP contribution is 2.51. The van der Waals surface area contributed by atoms with Crippen molar-refractivity contribution in [1.82, 2.24) is 9.97 Å². The molecular weight excluding hydrogens is 266 g/mol. The van der Waals surface area contributed by atoms with Crippen LogP contribution in [0.2, 0.25) is 0 Å². The van der Waals surface area contributed by atoms with E-state index in [1.54, 1.807) is 0 Å². The van der Waals surface area contributed by atoms with Gasteiger partial charge < -0.3 is 14.7 Å². The number of anilines is 1. The van der Waals surface area contributed by atoms with Crippen LogP contribution >= 0.6 is 0 Å². The van der Waals surface area contributed by atoms with Crippen LogP contribution < -0.4 is 4.90 Å². The van der Waals surface area contributed by atoms with Crippen LogP contribution in [0.1, 0.15) is 37.6 Å². The number of aliphatic hydroxyl groups is 1. The zero-order valence-corrected chi connectivity index (χ0v) is 13.2. The zero-order chi connectivity index (χ0) is 15.0. The third-order valence-electron chi connectivity index (χ3n) is 5.06. The first-order valence-corrected chi connectivity index (χ1v) is 7.92. The fraction of sp³-hybridized carbons (Fsp3) is 0.750. The minimum atomic E-state index is -0.212. The van der Waals surface area contributed by atoms with E-state index in [0.717, 1.165) is 56.3 Å². The molecule has 5 heteroatoms. The number of hydrogen-bond donors (Lipinski definition) is 1. The second kappa shape index (κ2) is 5.54. The summed E-state index contributed by atoms with van der Waals surface area (Å²) in [6, 6.07) is 2.00. The minimum Gasteiger partial charge on any atom is -0.392 e. The Bertz CT molecular complexity index is 490. The van der Waals surface area contributed by atoms with Gasteiger partial charge in [0.15, 0.2) is 0 Å². The van der Waals surface area contributed by atoms with Crippen molar-refractivity contribution >= 4 is 5.95 Å². The van der Waals surface area contributed by atoms with Crippen LogP contribution in [-0.2, 0) is 4.74 Å². The van der Waals surface area contributed by atoms with Crippen LogP contribution in [0.5, 0.6) is 0 Å². The summed E-state index contributed by atoms with van der Waals surface area (Å²) in [5, 5.41) is 10.2. The Hall–Kier alpha value is -1.20. The van der Waals surface area contributed by atoms with Gasteiger partial charge in [-0.15, -0.1) is 0 Å². The summed E-state index contributed by atoms with van der Waals surface area (Å²) in [6.07, 6.45) is 2.70. The van der Waals surface area contributed by atoms with Crippen LogP contribution in [0.4, 0.5) is 5.95 Å². The summed E-state index contributed by atoms with van der Waals surface area (Å²) in [6.45, 7) is 8.54. The summed E-state index contributed by atoms with van der Waals surface area (Å²) in [5.41, 5.74) is 1.98. The topological polar surface area (TPSA) is 58.5 Å². The standard InChI is InChI=1S/C16H25N3O2/c1-4-21-14-10-13(20)16(14)5-7-19(8-6-16)15-17-11(2)9-12(3)18-15/h9,13-14,20H,4-8,10H2,1-3H3/t13-,14+/m0/s1. The van der Waals surface area contributed by atoms with E-state index in [0.29, 0.717) is 0 Å². The van der Waals surface area contributed by atoms with E-state index in [1.807, 2.05) is 26.8 Å². The quantitative estimate of drug-likeness (QED) is 0.921. The lowest BCUT2D eigenvalue weighted by Crippen LogP contribution is -2.62. The molecule has 0 bridgehead atoms. The van der Waals surface area contributed by atoms with Gasteiger partial charge in [0.25, 0.3) is 0 Å². The second-order valence-corrected chi connectivity index (χ2v) is 6.37. The van der Waals surface area contributed by atoms with Crippen LogP contribution in [0, 0.1) is 19.3 Å². The van der Waals surface area contributed by atoms with Crippen LogP contribution in [0.15, 0.2) is 6.07 Å². The van der Waals surface area contributed by atoms with Gasteiger partial charge >= 0.3 is 0 Å². The maximum absolute atomic E-state index is 10.2. The van der Waals surface area contributed by atoms with Crippen molar-refractivity contribution in [3.63, 3.8) is 0 Å². The molecule has 2 aliphatic rings. The largest absolute Gasteiger partial charge is 0.392 e. The van der Waals surface area contributed by atoms with Gasteiger partial charge in [-0.25, -0.2) is 9.97 Å². The highest BCUT2D eigenvalue weighted by atomic mass is 16.5. The van der Waals surface area contributed by atoms with E-state index < -0.39 is 0 Å². The summed E-state index contributed by atoms with van der Waals surface area (Å²) < 4.78 is 5.81. The molecule has 0 amide bonds. The molecule has 1 aromatic heterocycles. The van der Waals surface area contributed by atoms with E-state index in [1.165, 1.54) is 0 Å². The predicted octanol–water partition coefficient (Wildman–Crippen LogP) is 1.85. The number of aryl methyl sites for hydroxylation is 2. The molecule has 5 nitrogen and oxygen atoms in total. The SMILES string of the molecule is CCO[C@@H]1C[C@H](O)C12CCN(c1nc(C)cc(C)n1)CC2. The van der Waals surface area contributed by atoms with Crippen molar-refractivity contribution in [2.45, 2.75) is 52.2 Å². The van der Waals surface area contributed by atoms with E-state index in [-0.39, 0.29) is 17.6 Å². The number of nitrogens with zero attached hydrogens (tertiary/aromatic N) is 3. The van der Waals surface area contributed by atoms with Gasteiger partial charge in [0.1, 0.15) is 0 Å². The van der Waals surface area contributed by atoms with Crippen molar-refractivity contribution in [3.8, 4) is 0 Å². The van der Waals surface area contributed by atoms with Gasteiger partial charge in [-0.05, 0) is 39.7 Å². The molecule has 116 valence electrons. The average molecular weight is 291 g/mol. The molecule has 3 rings (SSSR count). The van der Waals surface area contributed by atoms with E-state index in [2.05, 4.69) is 14.9 Å². The fourth-order valence-electron chi connectivity index (χ4n) is 3.79. The van der Waals surface area contributed by atoms with E-state index in [4.69, 9.17) is 4.74 Å². The number of aromatic nitrogens is 2. The maximum Gasteiger partial charge on any atom is 0.225 e. The maximum atomic E-state index is 10.2. The highest BCUT2D eigenvalue weighted by molar-refractivity contribution is 5.33. The summed E-state index contributed by atoms with van der Waals surface area (Å²) in [7, 11) is 0. The van der Waals surface area contributed by atoms with Crippen molar-refractivity contribution < 1.29 is 9.84 Å². The molecule has 0 radical (unpaired) electrons. The molecule has 21 heavy (non-hydrogen) atoms. The minimum absolute atomic E-state index is 0.0363. The smallest absolute Gasteiger partial charge is 0.225 e. The Morgan fingerprint density at radius 3 is 2.43 bits per heavy atom.